The van der Waals surface area contributed by atoms with E-state index in [0.29, 0.717) is 42.6 Å². The molecule has 1 aromatic carbocycles. The van der Waals surface area contributed by atoms with Gasteiger partial charge in [-0.15, -0.1) is 0 Å². The SMILES string of the molecule is CC(=O)c1c(C2CCC([C@H](F)C(=O)O)CC2)nc2c(-c3ccc(-c4ccccc4)nc3)cnn2c1N. The third-order valence-corrected chi connectivity index (χ3v) is 7.02. The number of hydrogen-bond acceptors (Lipinski definition) is 6. The normalized spacial score (nSPS) is 18.7. The third-order valence-electron chi connectivity index (χ3n) is 7.02. The first-order valence-corrected chi connectivity index (χ1v) is 11.9. The Morgan fingerprint density at radius 3 is 2.39 bits per heavy atom. The van der Waals surface area contributed by atoms with Gasteiger partial charge in [0.25, 0.3) is 0 Å². The molecule has 0 aliphatic heterocycles. The van der Waals surface area contributed by atoms with E-state index in [9.17, 15) is 14.0 Å². The minimum Gasteiger partial charge on any atom is -0.479 e. The van der Waals surface area contributed by atoms with Crippen LogP contribution in [0.3, 0.4) is 0 Å². The van der Waals surface area contributed by atoms with Crippen LogP contribution in [0, 0.1) is 5.92 Å². The summed E-state index contributed by atoms with van der Waals surface area (Å²) in [5, 5.41) is 13.4. The number of nitrogens with zero attached hydrogens (tertiary/aromatic N) is 4. The molecule has 0 radical (unpaired) electrons. The van der Waals surface area contributed by atoms with E-state index < -0.39 is 18.1 Å². The van der Waals surface area contributed by atoms with Gasteiger partial charge in [-0.3, -0.25) is 9.78 Å². The Balaban J connectivity index is 1.52. The van der Waals surface area contributed by atoms with E-state index in [0.717, 1.165) is 22.4 Å². The topological polar surface area (TPSA) is 123 Å². The molecule has 5 rings (SSSR count). The van der Waals surface area contributed by atoms with Crippen molar-refractivity contribution in [3.8, 4) is 22.4 Å². The Kier molecular flexibility index (Phi) is 6.22. The number of ketones is 1. The average molecular weight is 488 g/mol. The molecule has 1 atom stereocenters. The van der Waals surface area contributed by atoms with Crippen molar-refractivity contribution < 1.29 is 19.1 Å². The second-order valence-corrected chi connectivity index (χ2v) is 9.26. The van der Waals surface area contributed by atoms with Crippen LogP contribution in [-0.4, -0.2) is 42.6 Å². The molecule has 3 N–H and O–H groups in total. The van der Waals surface area contributed by atoms with Gasteiger partial charge < -0.3 is 10.8 Å². The van der Waals surface area contributed by atoms with E-state index in [1.807, 2.05) is 42.5 Å². The number of anilines is 1. The number of alkyl halides is 1. The fourth-order valence-electron chi connectivity index (χ4n) is 5.11. The number of hydrogen-bond donors (Lipinski definition) is 2. The van der Waals surface area contributed by atoms with E-state index in [1.54, 1.807) is 12.4 Å². The smallest absolute Gasteiger partial charge is 0.338 e. The van der Waals surface area contributed by atoms with Gasteiger partial charge in [0.15, 0.2) is 17.6 Å². The van der Waals surface area contributed by atoms with E-state index in [1.165, 1.54) is 11.4 Å². The highest BCUT2D eigenvalue weighted by Gasteiger charge is 2.35. The van der Waals surface area contributed by atoms with E-state index in [2.05, 4.69) is 10.1 Å². The van der Waals surface area contributed by atoms with Crippen LogP contribution in [0.25, 0.3) is 28.0 Å². The second-order valence-electron chi connectivity index (χ2n) is 9.26. The Morgan fingerprint density at radius 1 is 1.06 bits per heavy atom. The summed E-state index contributed by atoms with van der Waals surface area (Å²) in [7, 11) is 0. The van der Waals surface area contributed by atoms with Gasteiger partial charge in [0.2, 0.25) is 0 Å². The quantitative estimate of drug-likeness (QED) is 0.369. The highest BCUT2D eigenvalue weighted by Crippen LogP contribution is 2.40. The molecule has 36 heavy (non-hydrogen) atoms. The van der Waals surface area contributed by atoms with Crippen molar-refractivity contribution >= 4 is 23.2 Å². The average Bonchev–Trinajstić information content (AvgIpc) is 3.33. The molecular formula is C27H26FN5O3. The van der Waals surface area contributed by atoms with Gasteiger partial charge >= 0.3 is 5.97 Å². The number of benzene rings is 1. The van der Waals surface area contributed by atoms with Gasteiger partial charge in [-0.2, -0.15) is 9.61 Å². The number of nitrogen functional groups attached to an aromatic ring is 1. The summed E-state index contributed by atoms with van der Waals surface area (Å²) in [6.07, 6.45) is 3.39. The number of carboxylic acids is 1. The van der Waals surface area contributed by atoms with E-state index in [4.69, 9.17) is 15.8 Å². The van der Waals surface area contributed by atoms with Gasteiger partial charge in [-0.05, 0) is 38.7 Å². The number of carbonyl (C=O) groups is 2. The summed E-state index contributed by atoms with van der Waals surface area (Å²) >= 11 is 0. The van der Waals surface area contributed by atoms with Gasteiger partial charge in [0, 0.05) is 34.7 Å². The maximum atomic E-state index is 14.0. The lowest BCUT2D eigenvalue weighted by atomic mass is 9.77. The fraction of sp³-hybridized carbons (Fsp3) is 0.296. The molecule has 3 heterocycles. The van der Waals surface area contributed by atoms with E-state index in [-0.39, 0.29) is 17.5 Å². The number of aromatic nitrogens is 4. The molecule has 1 aliphatic carbocycles. The highest BCUT2D eigenvalue weighted by atomic mass is 19.1. The Labute approximate surface area is 207 Å². The summed E-state index contributed by atoms with van der Waals surface area (Å²) < 4.78 is 15.5. The lowest BCUT2D eigenvalue weighted by molar-refractivity contribution is -0.145. The van der Waals surface area contributed by atoms with Crippen molar-refractivity contribution in [3.63, 3.8) is 0 Å². The van der Waals surface area contributed by atoms with Gasteiger partial charge in [-0.1, -0.05) is 36.4 Å². The molecule has 0 saturated heterocycles. The first kappa shape index (κ1) is 23.6. The second kappa shape index (κ2) is 9.49. The van der Waals surface area contributed by atoms with Crippen molar-refractivity contribution in [3.05, 3.63) is 66.1 Å². The van der Waals surface area contributed by atoms with E-state index >= 15 is 0 Å². The largest absolute Gasteiger partial charge is 0.479 e. The first-order valence-electron chi connectivity index (χ1n) is 11.9. The van der Waals surface area contributed by atoms with Crippen LogP contribution in [0.2, 0.25) is 0 Å². The number of nitrogens with two attached hydrogens (primary N) is 1. The minimum absolute atomic E-state index is 0.130. The van der Waals surface area contributed by atoms with Crippen molar-refractivity contribution in [2.75, 3.05) is 5.73 Å². The van der Waals surface area contributed by atoms with Crippen LogP contribution in [0.15, 0.2) is 54.9 Å². The van der Waals surface area contributed by atoms with Gasteiger partial charge in [-0.25, -0.2) is 14.2 Å². The van der Waals surface area contributed by atoms with Crippen LogP contribution < -0.4 is 5.73 Å². The molecule has 4 aromatic rings. The van der Waals surface area contributed by atoms with Crippen molar-refractivity contribution in [1.82, 2.24) is 19.6 Å². The lowest BCUT2D eigenvalue weighted by Crippen LogP contribution is -2.29. The summed E-state index contributed by atoms with van der Waals surface area (Å²) in [5.41, 5.74) is 11.2. The molecule has 0 spiro atoms. The fourth-order valence-corrected chi connectivity index (χ4v) is 5.11. The third kappa shape index (κ3) is 4.21. The molecule has 0 amide bonds. The summed E-state index contributed by atoms with van der Waals surface area (Å²) in [6.45, 7) is 1.44. The summed E-state index contributed by atoms with van der Waals surface area (Å²) in [4.78, 5) is 33.1. The van der Waals surface area contributed by atoms with Crippen LogP contribution >= 0.6 is 0 Å². The molecule has 8 nitrogen and oxygen atoms in total. The first-order chi connectivity index (χ1) is 17.3. The zero-order chi connectivity index (χ0) is 25.4. The number of carbonyl (C=O) groups excluding carboxylic acids is 1. The molecular weight excluding hydrogens is 461 g/mol. The Hall–Kier alpha value is -4.14. The van der Waals surface area contributed by atoms with Gasteiger partial charge in [0.1, 0.15) is 5.82 Å². The summed E-state index contributed by atoms with van der Waals surface area (Å²) in [6, 6.07) is 13.7. The lowest BCUT2D eigenvalue weighted by Gasteiger charge is -2.29. The van der Waals surface area contributed by atoms with Crippen LogP contribution in [-0.2, 0) is 4.79 Å². The monoisotopic (exact) mass is 487 g/mol. The molecule has 0 unspecified atom stereocenters. The number of fused-ring (bicyclic) bond motifs is 1. The Morgan fingerprint density at radius 2 is 1.78 bits per heavy atom. The highest BCUT2D eigenvalue weighted by molar-refractivity contribution is 6.00. The van der Waals surface area contributed by atoms with Crippen molar-refractivity contribution in [2.24, 2.45) is 5.92 Å². The molecule has 9 heteroatoms. The van der Waals surface area contributed by atoms with Gasteiger partial charge in [0.05, 0.1) is 23.1 Å². The maximum Gasteiger partial charge on any atom is 0.338 e. The van der Waals surface area contributed by atoms with Crippen molar-refractivity contribution in [2.45, 2.75) is 44.7 Å². The van der Waals surface area contributed by atoms with Crippen LogP contribution in [0.5, 0.6) is 0 Å². The number of rotatable bonds is 6. The molecule has 1 fully saturated rings. The zero-order valence-corrected chi connectivity index (χ0v) is 19.8. The van der Waals surface area contributed by atoms with Crippen LogP contribution in [0.1, 0.15) is 54.6 Å². The molecule has 0 bridgehead atoms. The zero-order valence-electron chi connectivity index (χ0n) is 19.8. The number of Topliss-reactive ketones (excluding diaryl/α,β-unsaturated/α-hetero) is 1. The molecule has 184 valence electrons. The Bertz CT molecular complexity index is 1430. The number of halogens is 1. The summed E-state index contributed by atoms with van der Waals surface area (Å²) in [5.74, 6) is -2.12. The predicted octanol–water partition coefficient (Wildman–Crippen LogP) is 4.94. The maximum absolute atomic E-state index is 14.0. The number of carboxylic acid groups (broad SMARTS) is 1. The molecule has 3 aromatic heterocycles. The number of aliphatic carboxylic acids is 1. The van der Waals surface area contributed by atoms with Crippen LogP contribution in [0.4, 0.5) is 10.2 Å². The van der Waals surface area contributed by atoms with Crippen molar-refractivity contribution in [1.29, 1.82) is 0 Å². The molecule has 1 saturated carbocycles. The number of pyridine rings is 1. The molecule has 1 aliphatic rings. The standard InChI is InChI=1S/C27H26FN5O3/c1-15(34)22-24(18-9-7-17(8-10-18)23(28)27(35)36)32-26-20(14-31-33(26)25(22)29)19-11-12-21(30-13-19)16-5-3-2-4-6-16/h2-6,11-14,17-18,23H,7-10,29H2,1H3,(H,35,36)/t17?,18?,23-/m0/s1. The minimum atomic E-state index is -1.88. The predicted molar refractivity (Wildman–Crippen MR) is 133 cm³/mol.